The van der Waals surface area contributed by atoms with Crippen molar-refractivity contribution >= 4 is 59.0 Å². The molecule has 0 saturated carbocycles. The molecular weight excluding hydrogens is 943 g/mol. The molecular formula is C60H119NO5S4. The van der Waals surface area contributed by atoms with Crippen LogP contribution in [0.25, 0.3) is 0 Å². The number of thioether (sulfide) groups is 4. The molecule has 0 bridgehead atoms. The first-order valence-electron chi connectivity index (χ1n) is 30.6. The minimum absolute atomic E-state index is 0.0121. The first kappa shape index (κ1) is 70.3. The quantitative estimate of drug-likeness (QED) is 0.0362. The normalized spacial score (nSPS) is 11.8. The van der Waals surface area contributed by atoms with Crippen molar-refractivity contribution in [1.29, 1.82) is 0 Å². The van der Waals surface area contributed by atoms with E-state index in [1.54, 1.807) is 0 Å². The Kier molecular flexibility index (Phi) is 60.4. The van der Waals surface area contributed by atoms with Crippen LogP contribution in [-0.4, -0.2) is 93.6 Å². The second kappa shape index (κ2) is 60.1. The number of aliphatic hydroxyl groups is 1. The van der Waals surface area contributed by atoms with Gasteiger partial charge in [0.1, 0.15) is 0 Å². The van der Waals surface area contributed by atoms with Crippen LogP contribution in [0.4, 0.5) is 0 Å². The fraction of sp³-hybridized carbons (Fsp3) is 0.967. The number of rotatable bonds is 60. The zero-order valence-electron chi connectivity index (χ0n) is 47.1. The van der Waals surface area contributed by atoms with Gasteiger partial charge in [-0.1, -0.05) is 207 Å². The summed E-state index contributed by atoms with van der Waals surface area (Å²) in [4.78, 5) is 28.1. The minimum Gasteiger partial charge on any atom is -0.466 e. The molecule has 1 N–H and O–H groups in total. The Bertz CT molecular complexity index is 929. The molecule has 0 aliphatic carbocycles. The molecule has 0 fully saturated rings. The Morgan fingerprint density at radius 3 is 0.914 bits per heavy atom. The van der Waals surface area contributed by atoms with Gasteiger partial charge in [0.05, 0.1) is 22.4 Å². The summed E-state index contributed by atoms with van der Waals surface area (Å²) in [6, 6.07) is 0. The van der Waals surface area contributed by atoms with Gasteiger partial charge >= 0.3 is 11.9 Å². The summed E-state index contributed by atoms with van der Waals surface area (Å²) in [5.41, 5.74) is 0. The SMILES string of the molecule is CCCCCCCCCSC(CCC(=O)OCCCCCCN(CCCCO)CCCCCCOC(=O)CCC(SCCCCCCCCC)SCCCCCCCCC)SCCCCCCCCC. The van der Waals surface area contributed by atoms with E-state index in [0.29, 0.717) is 35.2 Å². The van der Waals surface area contributed by atoms with Gasteiger partial charge in [-0.05, 0) is 120 Å². The smallest absolute Gasteiger partial charge is 0.305 e. The maximum atomic E-state index is 12.8. The molecule has 0 amide bonds. The Balaban J connectivity index is 4.39. The average Bonchev–Trinajstić information content (AvgIpc) is 3.36. The van der Waals surface area contributed by atoms with Gasteiger partial charge in [0.2, 0.25) is 0 Å². The summed E-state index contributed by atoms with van der Waals surface area (Å²) < 4.78 is 12.5. The molecule has 10 heteroatoms. The van der Waals surface area contributed by atoms with E-state index in [2.05, 4.69) is 79.6 Å². The molecule has 0 aromatic heterocycles. The highest BCUT2D eigenvalue weighted by Crippen LogP contribution is 2.32. The highest BCUT2D eigenvalue weighted by atomic mass is 32.2. The summed E-state index contributed by atoms with van der Waals surface area (Å²) in [6.07, 6.45) is 51.4. The topological polar surface area (TPSA) is 76.1 Å². The van der Waals surface area contributed by atoms with Crippen LogP contribution in [0.1, 0.15) is 297 Å². The van der Waals surface area contributed by atoms with E-state index in [4.69, 9.17) is 9.47 Å². The lowest BCUT2D eigenvalue weighted by Crippen LogP contribution is -2.27. The summed E-state index contributed by atoms with van der Waals surface area (Å²) >= 11 is 8.37. The van der Waals surface area contributed by atoms with Crippen molar-refractivity contribution in [2.45, 2.75) is 307 Å². The number of ether oxygens (including phenoxy) is 2. The van der Waals surface area contributed by atoms with E-state index in [1.165, 1.54) is 203 Å². The fourth-order valence-electron chi connectivity index (χ4n) is 8.88. The Morgan fingerprint density at radius 2 is 0.614 bits per heavy atom. The van der Waals surface area contributed by atoms with Gasteiger partial charge in [0, 0.05) is 19.4 Å². The molecule has 0 rings (SSSR count). The fourth-order valence-corrected chi connectivity index (χ4v) is 14.5. The van der Waals surface area contributed by atoms with Gasteiger partial charge in [-0.25, -0.2) is 0 Å². The molecule has 0 saturated heterocycles. The van der Waals surface area contributed by atoms with E-state index in [9.17, 15) is 14.7 Å². The number of aliphatic hydroxyl groups excluding tert-OH is 1. The van der Waals surface area contributed by atoms with Crippen LogP contribution in [0.5, 0.6) is 0 Å². The molecule has 0 radical (unpaired) electrons. The third-order valence-electron chi connectivity index (χ3n) is 13.5. The van der Waals surface area contributed by atoms with E-state index >= 15 is 0 Å². The van der Waals surface area contributed by atoms with Gasteiger partial charge in [0.15, 0.2) is 0 Å². The van der Waals surface area contributed by atoms with Crippen LogP contribution in [-0.2, 0) is 19.1 Å². The van der Waals surface area contributed by atoms with Crippen molar-refractivity contribution in [2.24, 2.45) is 0 Å². The summed E-state index contributed by atoms with van der Waals surface area (Å²) in [5.74, 6) is 4.84. The van der Waals surface area contributed by atoms with Crippen LogP contribution >= 0.6 is 47.0 Å². The number of hydrogen-bond acceptors (Lipinski definition) is 10. The van der Waals surface area contributed by atoms with E-state index < -0.39 is 0 Å². The molecule has 6 nitrogen and oxygen atoms in total. The van der Waals surface area contributed by atoms with Crippen molar-refractivity contribution in [3.05, 3.63) is 0 Å². The third kappa shape index (κ3) is 54.5. The van der Waals surface area contributed by atoms with Crippen molar-refractivity contribution in [3.8, 4) is 0 Å². The van der Waals surface area contributed by atoms with Crippen molar-refractivity contribution in [1.82, 2.24) is 4.90 Å². The number of hydrogen-bond donors (Lipinski definition) is 1. The molecule has 0 atom stereocenters. The number of unbranched alkanes of at least 4 members (excludes halogenated alkanes) is 31. The lowest BCUT2D eigenvalue weighted by atomic mass is 10.1. The van der Waals surface area contributed by atoms with Crippen molar-refractivity contribution in [2.75, 3.05) is 62.5 Å². The number of esters is 2. The van der Waals surface area contributed by atoms with E-state index in [1.807, 2.05) is 0 Å². The molecule has 0 aliphatic heterocycles. The Morgan fingerprint density at radius 1 is 0.357 bits per heavy atom. The van der Waals surface area contributed by atoms with Gasteiger partial charge in [-0.3, -0.25) is 9.59 Å². The molecule has 70 heavy (non-hydrogen) atoms. The third-order valence-corrected chi connectivity index (χ3v) is 19.7. The average molecular weight is 1060 g/mol. The molecule has 0 aromatic rings. The monoisotopic (exact) mass is 1060 g/mol. The zero-order chi connectivity index (χ0) is 50.9. The van der Waals surface area contributed by atoms with Gasteiger partial charge in [-0.2, -0.15) is 0 Å². The minimum atomic E-state index is -0.0121. The van der Waals surface area contributed by atoms with E-state index in [-0.39, 0.29) is 18.5 Å². The number of nitrogens with zero attached hydrogens (tertiary/aromatic N) is 1. The van der Waals surface area contributed by atoms with Crippen LogP contribution in [0, 0.1) is 0 Å². The van der Waals surface area contributed by atoms with Crippen molar-refractivity contribution in [3.63, 3.8) is 0 Å². The largest absolute Gasteiger partial charge is 0.466 e. The van der Waals surface area contributed by atoms with E-state index in [0.717, 1.165) is 96.7 Å². The molecule has 0 spiro atoms. The standard InChI is InChI=1S/C60H119NO5S4/c1-5-9-13-17-21-29-39-53-67-59(68-54-40-30-22-18-14-10-6-2)45-43-57(63)65-51-37-27-25-33-47-61(49-35-36-50-62)48-34-26-28-38-52-66-58(64)44-46-60(69-55-41-31-23-19-15-11-7-3)70-56-42-32-24-20-16-12-8-4/h59-60,62H,5-56H2,1-4H3. The summed E-state index contributed by atoms with van der Waals surface area (Å²) in [7, 11) is 0. The molecule has 418 valence electrons. The molecule has 0 aromatic carbocycles. The molecule has 0 aliphatic rings. The lowest BCUT2D eigenvalue weighted by molar-refractivity contribution is -0.144. The maximum Gasteiger partial charge on any atom is 0.305 e. The van der Waals surface area contributed by atoms with Gasteiger partial charge in [-0.15, -0.1) is 47.0 Å². The predicted octanol–water partition coefficient (Wildman–Crippen LogP) is 19.4. The van der Waals surface area contributed by atoms with Gasteiger partial charge < -0.3 is 19.5 Å². The number of carbonyl (C=O) groups is 2. The second-order valence-electron chi connectivity index (χ2n) is 20.4. The van der Waals surface area contributed by atoms with Crippen LogP contribution in [0.2, 0.25) is 0 Å². The highest BCUT2D eigenvalue weighted by Gasteiger charge is 2.15. The lowest BCUT2D eigenvalue weighted by Gasteiger charge is -2.22. The van der Waals surface area contributed by atoms with Crippen molar-refractivity contribution < 1.29 is 24.2 Å². The predicted molar refractivity (Wildman–Crippen MR) is 319 cm³/mol. The second-order valence-corrected chi connectivity index (χ2v) is 26.3. The Hall–Kier alpha value is 0.260. The maximum absolute atomic E-state index is 12.8. The molecule has 0 unspecified atom stereocenters. The van der Waals surface area contributed by atoms with Crippen LogP contribution < -0.4 is 0 Å². The first-order valence-corrected chi connectivity index (χ1v) is 34.8. The highest BCUT2D eigenvalue weighted by molar-refractivity contribution is 8.17. The van der Waals surface area contributed by atoms with Crippen LogP contribution in [0.15, 0.2) is 0 Å². The molecule has 0 heterocycles. The van der Waals surface area contributed by atoms with Crippen LogP contribution in [0.3, 0.4) is 0 Å². The Labute approximate surface area is 454 Å². The summed E-state index contributed by atoms with van der Waals surface area (Å²) in [6.45, 7) is 13.7. The van der Waals surface area contributed by atoms with Gasteiger partial charge in [0.25, 0.3) is 0 Å². The summed E-state index contributed by atoms with van der Waals surface area (Å²) in [5, 5.41) is 9.40. The zero-order valence-corrected chi connectivity index (χ0v) is 50.4. The number of carbonyl (C=O) groups excluding carboxylic acids is 2. The first-order chi connectivity index (χ1) is 34.5.